The van der Waals surface area contributed by atoms with Crippen molar-refractivity contribution in [1.82, 2.24) is 5.43 Å². The highest BCUT2D eigenvalue weighted by atomic mass is 16.5. The fourth-order valence-corrected chi connectivity index (χ4v) is 2.01. The van der Waals surface area contributed by atoms with Crippen molar-refractivity contribution in [3.63, 3.8) is 0 Å². The Morgan fingerprint density at radius 3 is 2.54 bits per heavy atom. The zero-order valence-electron chi connectivity index (χ0n) is 14.0. The van der Waals surface area contributed by atoms with Gasteiger partial charge in [-0.1, -0.05) is 55.5 Å². The molecule has 0 aliphatic rings. The first kappa shape index (κ1) is 17.5. The maximum absolute atomic E-state index is 11.9. The first-order valence-electron chi connectivity index (χ1n) is 7.99. The minimum absolute atomic E-state index is 0.293. The summed E-state index contributed by atoms with van der Waals surface area (Å²) in [6.45, 7) is 3.79. The van der Waals surface area contributed by atoms with E-state index in [1.165, 1.54) is 11.8 Å². The second-order valence-electron chi connectivity index (χ2n) is 5.28. The molecule has 0 aliphatic heterocycles. The van der Waals surface area contributed by atoms with Gasteiger partial charge in [0.15, 0.2) is 6.10 Å². The van der Waals surface area contributed by atoms with Crippen LogP contribution in [0.1, 0.15) is 25.0 Å². The maximum Gasteiger partial charge on any atom is 0.280 e. The topological polar surface area (TPSA) is 50.7 Å². The molecule has 0 aliphatic carbocycles. The standard InChI is InChI=1S/C20H22N2O2/c1-3-17-11-13-19(14-12-17)24-16(2)20(23)22-21-15-7-10-18-8-5-4-6-9-18/h4-16H,3H2,1-2H3,(H,22,23)/b10-7+,21-15+. The lowest BCUT2D eigenvalue weighted by Crippen LogP contribution is -2.33. The molecule has 0 saturated carbocycles. The highest BCUT2D eigenvalue weighted by Gasteiger charge is 2.13. The number of hydrogen-bond donors (Lipinski definition) is 1. The molecule has 0 radical (unpaired) electrons. The molecular weight excluding hydrogens is 300 g/mol. The van der Waals surface area contributed by atoms with Crippen LogP contribution in [-0.2, 0) is 11.2 Å². The highest BCUT2D eigenvalue weighted by molar-refractivity contribution is 5.83. The van der Waals surface area contributed by atoms with Crippen molar-refractivity contribution >= 4 is 18.2 Å². The second kappa shape index (κ2) is 9.30. The van der Waals surface area contributed by atoms with Crippen molar-refractivity contribution in [2.75, 3.05) is 0 Å². The van der Waals surface area contributed by atoms with Crippen molar-refractivity contribution < 1.29 is 9.53 Å². The molecule has 124 valence electrons. The van der Waals surface area contributed by atoms with Crippen LogP contribution in [0.25, 0.3) is 6.08 Å². The van der Waals surface area contributed by atoms with Crippen molar-refractivity contribution in [3.05, 3.63) is 71.8 Å². The number of nitrogens with one attached hydrogen (secondary N) is 1. The van der Waals surface area contributed by atoms with Gasteiger partial charge in [0.1, 0.15) is 5.75 Å². The number of ether oxygens (including phenoxy) is 1. The Morgan fingerprint density at radius 2 is 1.88 bits per heavy atom. The number of hydrazone groups is 1. The number of carbonyl (C=O) groups is 1. The van der Waals surface area contributed by atoms with Gasteiger partial charge in [0, 0.05) is 6.21 Å². The van der Waals surface area contributed by atoms with Gasteiger partial charge >= 0.3 is 0 Å². The van der Waals surface area contributed by atoms with E-state index in [4.69, 9.17) is 4.74 Å². The number of aryl methyl sites for hydroxylation is 1. The summed E-state index contributed by atoms with van der Waals surface area (Å²) in [5, 5.41) is 3.89. The molecule has 0 heterocycles. The molecule has 2 aromatic rings. The zero-order chi connectivity index (χ0) is 17.2. The molecule has 0 fully saturated rings. The molecule has 2 rings (SSSR count). The van der Waals surface area contributed by atoms with Crippen molar-refractivity contribution in [1.29, 1.82) is 0 Å². The zero-order valence-corrected chi connectivity index (χ0v) is 14.0. The molecule has 1 N–H and O–H groups in total. The van der Waals surface area contributed by atoms with E-state index in [2.05, 4.69) is 17.5 Å². The van der Waals surface area contributed by atoms with E-state index < -0.39 is 6.10 Å². The Labute approximate surface area is 142 Å². The van der Waals surface area contributed by atoms with Crippen LogP contribution in [0.4, 0.5) is 0 Å². The van der Waals surface area contributed by atoms with Gasteiger partial charge in [0.25, 0.3) is 5.91 Å². The molecule has 4 nitrogen and oxygen atoms in total. The van der Waals surface area contributed by atoms with Gasteiger partial charge in [0.2, 0.25) is 0 Å². The smallest absolute Gasteiger partial charge is 0.280 e. The molecule has 0 spiro atoms. The van der Waals surface area contributed by atoms with E-state index in [1.807, 2.05) is 60.7 Å². The third-order valence-electron chi connectivity index (χ3n) is 3.44. The predicted octanol–water partition coefficient (Wildman–Crippen LogP) is 3.83. The lowest BCUT2D eigenvalue weighted by molar-refractivity contribution is -0.127. The molecular formula is C20H22N2O2. The number of amides is 1. The van der Waals surface area contributed by atoms with Crippen molar-refractivity contribution in [2.24, 2.45) is 5.10 Å². The average molecular weight is 322 g/mol. The summed E-state index contributed by atoms with van der Waals surface area (Å²) >= 11 is 0. The minimum atomic E-state index is -0.618. The lowest BCUT2D eigenvalue weighted by Gasteiger charge is -2.13. The van der Waals surface area contributed by atoms with Gasteiger partial charge < -0.3 is 4.74 Å². The normalized spacial score (nSPS) is 12.4. The van der Waals surface area contributed by atoms with E-state index in [0.29, 0.717) is 5.75 Å². The molecule has 0 aromatic heterocycles. The van der Waals surface area contributed by atoms with Crippen molar-refractivity contribution in [2.45, 2.75) is 26.4 Å². The summed E-state index contributed by atoms with van der Waals surface area (Å²) in [6.07, 6.45) is 5.57. The number of nitrogens with zero attached hydrogens (tertiary/aromatic N) is 1. The Bertz CT molecular complexity index is 691. The quantitative estimate of drug-likeness (QED) is 0.622. The van der Waals surface area contributed by atoms with Crippen LogP contribution in [0, 0.1) is 0 Å². The summed E-state index contributed by atoms with van der Waals surface area (Å²) in [4.78, 5) is 11.9. The Morgan fingerprint density at radius 1 is 1.17 bits per heavy atom. The fraction of sp³-hybridized carbons (Fsp3) is 0.200. The van der Waals surface area contributed by atoms with Crippen LogP contribution in [0.2, 0.25) is 0 Å². The monoisotopic (exact) mass is 322 g/mol. The molecule has 4 heteroatoms. The SMILES string of the molecule is CCc1ccc(OC(C)C(=O)N/N=C/C=C/c2ccccc2)cc1. The lowest BCUT2D eigenvalue weighted by atomic mass is 10.2. The Hall–Kier alpha value is -2.88. The molecule has 1 unspecified atom stereocenters. The predicted molar refractivity (Wildman–Crippen MR) is 98.0 cm³/mol. The van der Waals surface area contributed by atoms with Crippen LogP contribution in [-0.4, -0.2) is 18.2 Å². The Kier molecular flexibility index (Phi) is 6.77. The highest BCUT2D eigenvalue weighted by Crippen LogP contribution is 2.14. The summed E-state index contributed by atoms with van der Waals surface area (Å²) in [6, 6.07) is 17.6. The number of rotatable bonds is 7. The third kappa shape index (κ3) is 5.72. The van der Waals surface area contributed by atoms with Gasteiger partial charge in [-0.3, -0.25) is 4.79 Å². The summed E-state index contributed by atoms with van der Waals surface area (Å²) < 4.78 is 5.60. The largest absolute Gasteiger partial charge is 0.481 e. The van der Waals surface area contributed by atoms with Gasteiger partial charge in [-0.15, -0.1) is 0 Å². The fourth-order valence-electron chi connectivity index (χ4n) is 2.01. The van der Waals surface area contributed by atoms with E-state index >= 15 is 0 Å². The van der Waals surface area contributed by atoms with E-state index in [1.54, 1.807) is 13.0 Å². The maximum atomic E-state index is 11.9. The summed E-state index contributed by atoms with van der Waals surface area (Å²) in [5.41, 5.74) is 4.77. The summed E-state index contributed by atoms with van der Waals surface area (Å²) in [7, 11) is 0. The van der Waals surface area contributed by atoms with Crippen LogP contribution >= 0.6 is 0 Å². The van der Waals surface area contributed by atoms with E-state index in [9.17, 15) is 4.79 Å². The van der Waals surface area contributed by atoms with Crippen LogP contribution in [0.15, 0.2) is 65.8 Å². The molecule has 1 amide bonds. The molecule has 0 bridgehead atoms. The van der Waals surface area contributed by atoms with Crippen LogP contribution < -0.4 is 10.2 Å². The second-order valence-corrected chi connectivity index (χ2v) is 5.28. The number of benzene rings is 2. The van der Waals surface area contributed by atoms with Crippen molar-refractivity contribution in [3.8, 4) is 5.75 Å². The number of hydrogen-bond acceptors (Lipinski definition) is 3. The average Bonchev–Trinajstić information content (AvgIpc) is 2.62. The first-order valence-corrected chi connectivity index (χ1v) is 7.99. The first-order chi connectivity index (χ1) is 11.7. The van der Waals surface area contributed by atoms with Gasteiger partial charge in [0.05, 0.1) is 0 Å². The Balaban J connectivity index is 1.78. The van der Waals surface area contributed by atoms with Gasteiger partial charge in [-0.2, -0.15) is 5.10 Å². The summed E-state index contributed by atoms with van der Waals surface area (Å²) in [5.74, 6) is 0.377. The molecule has 2 aromatic carbocycles. The van der Waals surface area contributed by atoms with Crippen LogP contribution in [0.5, 0.6) is 5.75 Å². The van der Waals surface area contributed by atoms with Gasteiger partial charge in [-0.05, 0) is 42.7 Å². The van der Waals surface area contributed by atoms with E-state index in [0.717, 1.165) is 12.0 Å². The van der Waals surface area contributed by atoms with Gasteiger partial charge in [-0.25, -0.2) is 5.43 Å². The van der Waals surface area contributed by atoms with Crippen LogP contribution in [0.3, 0.4) is 0 Å². The molecule has 1 atom stereocenters. The minimum Gasteiger partial charge on any atom is -0.481 e. The van der Waals surface area contributed by atoms with E-state index in [-0.39, 0.29) is 5.91 Å². The molecule has 24 heavy (non-hydrogen) atoms. The number of carbonyl (C=O) groups excluding carboxylic acids is 1. The molecule has 0 saturated heterocycles. The third-order valence-corrected chi connectivity index (χ3v) is 3.44. The number of allylic oxidation sites excluding steroid dienone is 1.